The maximum atomic E-state index is 13.7. The summed E-state index contributed by atoms with van der Waals surface area (Å²) >= 11 is 0. The highest BCUT2D eigenvalue weighted by atomic mass is 32.2. The van der Waals surface area contributed by atoms with Gasteiger partial charge in [0.1, 0.15) is 11.8 Å². The van der Waals surface area contributed by atoms with E-state index in [4.69, 9.17) is 9.47 Å². The van der Waals surface area contributed by atoms with Crippen molar-refractivity contribution in [1.82, 2.24) is 14.1 Å². The third kappa shape index (κ3) is 6.53. The van der Waals surface area contributed by atoms with Crippen LogP contribution in [0.4, 0.5) is 5.69 Å². The van der Waals surface area contributed by atoms with Crippen LogP contribution in [0.2, 0.25) is 0 Å². The zero-order valence-electron chi connectivity index (χ0n) is 22.2. The summed E-state index contributed by atoms with van der Waals surface area (Å²) in [5, 5.41) is 3.99. The Morgan fingerprint density at radius 3 is 2.41 bits per heavy atom. The third-order valence-corrected chi connectivity index (χ3v) is 9.45. The Labute approximate surface area is 220 Å². The molecule has 9 nitrogen and oxygen atoms in total. The predicted molar refractivity (Wildman–Crippen MR) is 145 cm³/mol. The van der Waals surface area contributed by atoms with Crippen molar-refractivity contribution in [3.8, 4) is 11.4 Å². The van der Waals surface area contributed by atoms with Crippen LogP contribution in [-0.2, 0) is 14.8 Å². The van der Waals surface area contributed by atoms with Gasteiger partial charge in [-0.3, -0.25) is 4.79 Å². The number of ether oxygens (including phenoxy) is 2. The number of para-hydroxylation sites is 1. The molecule has 0 amide bonds. The lowest BCUT2D eigenvalue weighted by molar-refractivity contribution is 0.0474. The topological polar surface area (TPSA) is 94.0 Å². The number of aromatic nitrogens is 2. The average molecular weight is 533 g/mol. The van der Waals surface area contributed by atoms with Crippen LogP contribution in [0.25, 0.3) is 5.69 Å². The summed E-state index contributed by atoms with van der Waals surface area (Å²) in [5.41, 5.74) is 0.972. The molecule has 37 heavy (non-hydrogen) atoms. The highest BCUT2D eigenvalue weighted by Gasteiger charge is 2.33. The fourth-order valence-electron chi connectivity index (χ4n) is 4.93. The molecular weight excluding hydrogens is 492 g/mol. The summed E-state index contributed by atoms with van der Waals surface area (Å²) < 4.78 is 40.6. The van der Waals surface area contributed by atoms with Gasteiger partial charge in [0.25, 0.3) is 0 Å². The molecule has 1 saturated heterocycles. The summed E-state index contributed by atoms with van der Waals surface area (Å²) in [5.74, 6) is 0.274. The highest BCUT2D eigenvalue weighted by molar-refractivity contribution is 7.89. The van der Waals surface area contributed by atoms with Gasteiger partial charge in [-0.25, -0.2) is 8.42 Å². The lowest BCUT2D eigenvalue weighted by atomic mass is 10.2. The quantitative estimate of drug-likeness (QED) is 0.408. The second-order valence-electron chi connectivity index (χ2n) is 10.1. The summed E-state index contributed by atoms with van der Waals surface area (Å²) in [7, 11) is -3.32. The van der Waals surface area contributed by atoms with Gasteiger partial charge in [-0.2, -0.15) is 14.1 Å². The van der Waals surface area contributed by atoms with E-state index in [1.807, 2.05) is 35.2 Å². The second kappa shape index (κ2) is 12.4. The predicted octanol–water partition coefficient (Wildman–Crippen LogP) is 3.60. The van der Waals surface area contributed by atoms with E-state index in [-0.39, 0.29) is 23.5 Å². The first-order valence-electron chi connectivity index (χ1n) is 13.5. The molecule has 2 heterocycles. The SMILES string of the molecule is CCCCCO[C@H]1CC[C@H](Oc2c(N3CCN(S(=O)(=O)C(C)C)CC3)cnn(-c3ccccc3)c2=O)C1. The van der Waals surface area contributed by atoms with Crippen LogP contribution in [0, 0.1) is 0 Å². The molecule has 1 aliphatic carbocycles. The average Bonchev–Trinajstić information content (AvgIpc) is 3.35. The van der Waals surface area contributed by atoms with Crippen molar-refractivity contribution >= 4 is 15.7 Å². The normalized spacial score (nSPS) is 21.0. The van der Waals surface area contributed by atoms with Gasteiger partial charge < -0.3 is 14.4 Å². The molecule has 2 aliphatic rings. The van der Waals surface area contributed by atoms with Gasteiger partial charge in [0, 0.05) is 39.2 Å². The van der Waals surface area contributed by atoms with Crippen LogP contribution in [0.1, 0.15) is 59.3 Å². The van der Waals surface area contributed by atoms with Crippen molar-refractivity contribution in [2.24, 2.45) is 0 Å². The summed E-state index contributed by atoms with van der Waals surface area (Å²) in [6.07, 6.45) is 7.58. The lowest BCUT2D eigenvalue weighted by Gasteiger charge is -2.36. The van der Waals surface area contributed by atoms with Crippen LogP contribution in [0.15, 0.2) is 41.3 Å². The van der Waals surface area contributed by atoms with Crippen molar-refractivity contribution in [2.75, 3.05) is 37.7 Å². The van der Waals surface area contributed by atoms with Gasteiger partial charge in [0.2, 0.25) is 15.8 Å². The number of hydrogen-bond acceptors (Lipinski definition) is 7. The molecule has 0 bridgehead atoms. The van der Waals surface area contributed by atoms with Crippen LogP contribution < -0.4 is 15.2 Å². The van der Waals surface area contributed by atoms with E-state index in [0.29, 0.717) is 37.6 Å². The van der Waals surface area contributed by atoms with Gasteiger partial charge in [0.15, 0.2) is 0 Å². The van der Waals surface area contributed by atoms with Crippen LogP contribution in [0.3, 0.4) is 0 Å². The zero-order valence-corrected chi connectivity index (χ0v) is 23.0. The molecule has 2 atom stereocenters. The largest absolute Gasteiger partial charge is 0.483 e. The summed E-state index contributed by atoms with van der Waals surface area (Å²) in [6.45, 7) is 7.98. The van der Waals surface area contributed by atoms with Crippen molar-refractivity contribution in [3.63, 3.8) is 0 Å². The Morgan fingerprint density at radius 2 is 1.73 bits per heavy atom. The van der Waals surface area contributed by atoms with E-state index in [0.717, 1.165) is 45.1 Å². The molecule has 2 aromatic rings. The van der Waals surface area contributed by atoms with E-state index >= 15 is 0 Å². The molecule has 204 valence electrons. The van der Waals surface area contributed by atoms with Crippen LogP contribution in [-0.4, -0.2) is 72.7 Å². The molecule has 0 radical (unpaired) electrons. The minimum Gasteiger partial charge on any atom is -0.483 e. The molecule has 2 fully saturated rings. The fraction of sp³-hybridized carbons (Fsp3) is 0.630. The van der Waals surface area contributed by atoms with E-state index in [1.54, 1.807) is 20.0 Å². The number of anilines is 1. The Morgan fingerprint density at radius 1 is 1.03 bits per heavy atom. The Kier molecular flexibility index (Phi) is 9.26. The highest BCUT2D eigenvalue weighted by Crippen LogP contribution is 2.31. The molecule has 10 heteroatoms. The maximum Gasteiger partial charge on any atom is 0.316 e. The Bertz CT molecular complexity index is 1180. The molecule has 0 unspecified atom stereocenters. The first-order valence-corrected chi connectivity index (χ1v) is 15.0. The molecule has 0 N–H and O–H groups in total. The van der Waals surface area contributed by atoms with E-state index < -0.39 is 15.3 Å². The lowest BCUT2D eigenvalue weighted by Crippen LogP contribution is -2.50. The third-order valence-electron chi connectivity index (χ3n) is 7.17. The number of unbranched alkanes of at least 4 members (excludes halogenated alkanes) is 2. The minimum atomic E-state index is -3.32. The summed E-state index contributed by atoms with van der Waals surface area (Å²) in [6, 6.07) is 9.30. The van der Waals surface area contributed by atoms with Crippen molar-refractivity contribution in [3.05, 3.63) is 46.9 Å². The summed E-state index contributed by atoms with van der Waals surface area (Å²) in [4.78, 5) is 15.7. The number of rotatable bonds is 11. The number of nitrogens with zero attached hydrogens (tertiary/aromatic N) is 4. The smallest absolute Gasteiger partial charge is 0.316 e. The number of hydrogen-bond donors (Lipinski definition) is 0. The second-order valence-corrected chi connectivity index (χ2v) is 12.6. The molecule has 1 saturated carbocycles. The van der Waals surface area contributed by atoms with Crippen molar-refractivity contribution in [1.29, 1.82) is 0 Å². The zero-order chi connectivity index (χ0) is 26.4. The fourth-order valence-corrected chi connectivity index (χ4v) is 6.20. The maximum absolute atomic E-state index is 13.7. The van der Waals surface area contributed by atoms with Gasteiger partial charge in [-0.15, -0.1) is 0 Å². The monoisotopic (exact) mass is 532 g/mol. The Hall–Kier alpha value is -2.43. The molecule has 1 aromatic heterocycles. The minimum absolute atomic E-state index is 0.114. The first kappa shape index (κ1) is 27.6. The molecule has 4 rings (SSSR count). The Balaban J connectivity index is 1.54. The van der Waals surface area contributed by atoms with Gasteiger partial charge in [-0.1, -0.05) is 38.0 Å². The molecule has 1 aliphatic heterocycles. The van der Waals surface area contributed by atoms with E-state index in [1.165, 1.54) is 8.99 Å². The molecule has 0 spiro atoms. The standard InChI is InChI=1S/C27H40N4O5S/c1-4-5-9-18-35-23-12-13-24(19-23)36-26-25(20-28-31(27(26)32)22-10-7-6-8-11-22)29-14-16-30(17-15-29)37(33,34)21(2)3/h6-8,10-11,20-21,23-24H,4-5,9,12-19H2,1-3H3/t23-,24-/m0/s1. The van der Waals surface area contributed by atoms with Gasteiger partial charge in [0.05, 0.1) is 23.2 Å². The number of benzene rings is 1. The number of piperazine rings is 1. The van der Waals surface area contributed by atoms with Gasteiger partial charge in [-0.05, 0) is 45.2 Å². The van der Waals surface area contributed by atoms with Crippen molar-refractivity contribution in [2.45, 2.75) is 76.8 Å². The first-order chi connectivity index (χ1) is 17.8. The van der Waals surface area contributed by atoms with E-state index in [9.17, 15) is 13.2 Å². The van der Waals surface area contributed by atoms with Crippen LogP contribution >= 0.6 is 0 Å². The molecule has 1 aromatic carbocycles. The van der Waals surface area contributed by atoms with Crippen molar-refractivity contribution < 1.29 is 17.9 Å². The van der Waals surface area contributed by atoms with Gasteiger partial charge >= 0.3 is 5.56 Å². The molecular formula is C27H40N4O5S. The van der Waals surface area contributed by atoms with E-state index in [2.05, 4.69) is 12.0 Å². The van der Waals surface area contributed by atoms with Crippen LogP contribution in [0.5, 0.6) is 5.75 Å². The number of sulfonamides is 1.